The van der Waals surface area contributed by atoms with Crippen molar-refractivity contribution in [2.45, 2.75) is 18.4 Å². The predicted molar refractivity (Wildman–Crippen MR) is 38.2 cm³/mol. The summed E-state index contributed by atoms with van der Waals surface area (Å²) >= 11 is 0. The van der Waals surface area contributed by atoms with Crippen LogP contribution in [-0.2, 0) is 0 Å². The highest BCUT2D eigenvalue weighted by Crippen LogP contribution is 2.20. The second-order valence-electron chi connectivity index (χ2n) is 3.00. The Balaban J connectivity index is 2.38. The number of hydrogen-bond acceptors (Lipinski definition) is 3. The summed E-state index contributed by atoms with van der Waals surface area (Å²) in [4.78, 5) is 1.91. The zero-order chi connectivity index (χ0) is 7.61. The zero-order valence-electron chi connectivity index (χ0n) is 6.08. The molecule has 0 atom stereocenters. The molecule has 0 radical (unpaired) electrons. The van der Waals surface area contributed by atoms with Gasteiger partial charge in [-0.25, -0.2) is 0 Å². The van der Waals surface area contributed by atoms with Gasteiger partial charge in [0.1, 0.15) is 0 Å². The Kier molecular flexibility index (Phi) is 2.28. The van der Waals surface area contributed by atoms with Crippen LogP contribution >= 0.6 is 0 Å². The normalized spacial score (nSPS) is 26.7. The monoisotopic (exact) mass is 144 g/mol. The minimum atomic E-state index is -0.825. The van der Waals surface area contributed by atoms with Gasteiger partial charge >= 0.3 is 0 Å². The van der Waals surface area contributed by atoms with Gasteiger partial charge in [0.15, 0.2) is 0 Å². The first-order chi connectivity index (χ1) is 4.66. The van der Waals surface area contributed by atoms with Crippen LogP contribution in [0.15, 0.2) is 0 Å². The van der Waals surface area contributed by atoms with Crippen molar-refractivity contribution in [2.75, 3.05) is 19.7 Å². The Hall–Kier alpha value is -0.120. The number of rotatable bonds is 1. The van der Waals surface area contributed by atoms with Gasteiger partial charge in [-0.3, -0.25) is 7.05 Å². The van der Waals surface area contributed by atoms with Crippen LogP contribution in [0.1, 0.15) is 12.8 Å². The van der Waals surface area contributed by atoms with Crippen molar-refractivity contribution in [2.24, 2.45) is 0 Å². The molecule has 1 heterocycles. The van der Waals surface area contributed by atoms with E-state index in [0.29, 0.717) is 12.8 Å². The molecule has 1 saturated heterocycles. The Morgan fingerprint density at radius 1 is 1.40 bits per heavy atom. The van der Waals surface area contributed by atoms with Gasteiger partial charge < -0.3 is 15.1 Å². The Bertz CT molecular complexity index is 108. The van der Waals surface area contributed by atoms with Gasteiger partial charge in [-0.2, -0.15) is 0 Å². The van der Waals surface area contributed by atoms with Gasteiger partial charge in [0.2, 0.25) is 0 Å². The summed E-state index contributed by atoms with van der Waals surface area (Å²) in [5, 5.41) is 18.2. The van der Waals surface area contributed by atoms with Crippen molar-refractivity contribution in [3.05, 3.63) is 7.05 Å². The van der Waals surface area contributed by atoms with Crippen LogP contribution in [0.4, 0.5) is 0 Å². The minimum absolute atomic E-state index is 0.124. The molecule has 0 aliphatic carbocycles. The van der Waals surface area contributed by atoms with Gasteiger partial charge in [0, 0.05) is 0 Å². The van der Waals surface area contributed by atoms with Gasteiger partial charge in [-0.05, 0) is 25.9 Å². The molecule has 0 saturated carbocycles. The smallest absolute Gasteiger partial charge is 0.0899 e. The molecule has 3 nitrogen and oxygen atoms in total. The summed E-state index contributed by atoms with van der Waals surface area (Å²) < 4.78 is 0. The fourth-order valence-corrected chi connectivity index (χ4v) is 1.13. The molecule has 0 aromatic carbocycles. The molecule has 3 heteroatoms. The Morgan fingerprint density at radius 3 is 2.30 bits per heavy atom. The molecule has 0 aromatic rings. The number of piperidine rings is 1. The lowest BCUT2D eigenvalue weighted by molar-refractivity contribution is -0.0530. The highest BCUT2D eigenvalue weighted by molar-refractivity contribution is 4.84. The third-order valence-electron chi connectivity index (χ3n) is 2.08. The number of hydrogen-bond donors (Lipinski definition) is 2. The van der Waals surface area contributed by atoms with E-state index in [1.165, 1.54) is 0 Å². The van der Waals surface area contributed by atoms with Crippen LogP contribution in [0.5, 0.6) is 0 Å². The molecule has 2 N–H and O–H groups in total. The first kappa shape index (κ1) is 7.98. The maximum absolute atomic E-state index is 9.49. The standard InChI is InChI=1S/C7H14NO2/c1-8-4-2-7(10,6-9)3-5-8/h9-10H,1-6H2/q-1. The van der Waals surface area contributed by atoms with E-state index in [1.807, 2.05) is 4.90 Å². The molecule has 1 aliphatic heterocycles. The Labute approximate surface area is 61.3 Å². The first-order valence-corrected chi connectivity index (χ1v) is 3.55. The summed E-state index contributed by atoms with van der Waals surface area (Å²) in [6.07, 6.45) is 1.26. The van der Waals surface area contributed by atoms with Crippen LogP contribution in [-0.4, -0.2) is 40.4 Å². The van der Waals surface area contributed by atoms with Gasteiger partial charge in [0.05, 0.1) is 12.2 Å². The van der Waals surface area contributed by atoms with E-state index < -0.39 is 5.60 Å². The van der Waals surface area contributed by atoms with E-state index in [-0.39, 0.29) is 6.61 Å². The molecule has 0 aromatic heterocycles. The minimum Gasteiger partial charge on any atom is -0.459 e. The lowest BCUT2D eigenvalue weighted by Crippen LogP contribution is -2.44. The fourth-order valence-electron chi connectivity index (χ4n) is 1.13. The second kappa shape index (κ2) is 2.86. The molecule has 1 fully saturated rings. The van der Waals surface area contributed by atoms with E-state index in [9.17, 15) is 5.11 Å². The topological polar surface area (TPSA) is 43.7 Å². The highest BCUT2D eigenvalue weighted by Gasteiger charge is 2.28. The van der Waals surface area contributed by atoms with Gasteiger partial charge in [-0.1, -0.05) is 0 Å². The van der Waals surface area contributed by atoms with Crippen molar-refractivity contribution >= 4 is 0 Å². The third kappa shape index (κ3) is 1.68. The SMILES string of the molecule is [CH2-]N1CCC(O)(CO)CC1. The molecule has 1 rings (SSSR count). The van der Waals surface area contributed by atoms with Crippen molar-refractivity contribution in [1.82, 2.24) is 4.90 Å². The summed E-state index contributed by atoms with van der Waals surface area (Å²) in [7, 11) is 3.74. The zero-order valence-corrected chi connectivity index (χ0v) is 6.08. The molecule has 10 heavy (non-hydrogen) atoms. The second-order valence-corrected chi connectivity index (χ2v) is 3.00. The van der Waals surface area contributed by atoms with E-state index >= 15 is 0 Å². The maximum atomic E-state index is 9.49. The first-order valence-electron chi connectivity index (χ1n) is 3.55. The van der Waals surface area contributed by atoms with E-state index in [0.717, 1.165) is 13.1 Å². The van der Waals surface area contributed by atoms with Gasteiger partial charge in [0.25, 0.3) is 0 Å². The number of likely N-dealkylation sites (tertiary alicyclic amines) is 1. The highest BCUT2D eigenvalue weighted by atomic mass is 16.3. The number of aliphatic hydroxyl groups excluding tert-OH is 1. The number of nitrogens with zero attached hydrogens (tertiary/aromatic N) is 1. The van der Waals surface area contributed by atoms with Crippen molar-refractivity contribution < 1.29 is 10.2 Å². The summed E-state index contributed by atoms with van der Waals surface area (Å²) in [6.45, 7) is 1.43. The summed E-state index contributed by atoms with van der Waals surface area (Å²) in [5.41, 5.74) is -0.825. The number of aliphatic hydroxyl groups is 2. The Morgan fingerprint density at radius 2 is 1.90 bits per heavy atom. The van der Waals surface area contributed by atoms with E-state index in [2.05, 4.69) is 7.05 Å². The van der Waals surface area contributed by atoms with Crippen molar-refractivity contribution in [3.63, 3.8) is 0 Å². The van der Waals surface area contributed by atoms with Crippen LogP contribution < -0.4 is 0 Å². The molecule has 0 bridgehead atoms. The van der Waals surface area contributed by atoms with Crippen molar-refractivity contribution in [1.29, 1.82) is 0 Å². The quantitative estimate of drug-likeness (QED) is 0.492. The molecule has 60 valence electrons. The molecule has 0 unspecified atom stereocenters. The van der Waals surface area contributed by atoms with Gasteiger partial charge in [-0.15, -0.1) is 0 Å². The van der Waals surface area contributed by atoms with Crippen LogP contribution in [0.3, 0.4) is 0 Å². The maximum Gasteiger partial charge on any atom is 0.0899 e. The van der Waals surface area contributed by atoms with Crippen LogP contribution in [0, 0.1) is 7.05 Å². The fraction of sp³-hybridized carbons (Fsp3) is 0.857. The van der Waals surface area contributed by atoms with E-state index in [1.54, 1.807) is 0 Å². The van der Waals surface area contributed by atoms with E-state index in [4.69, 9.17) is 5.11 Å². The van der Waals surface area contributed by atoms with Crippen LogP contribution in [0.25, 0.3) is 0 Å². The largest absolute Gasteiger partial charge is 0.459 e. The molecule has 0 amide bonds. The van der Waals surface area contributed by atoms with Crippen LogP contribution in [0.2, 0.25) is 0 Å². The third-order valence-corrected chi connectivity index (χ3v) is 2.08. The molecule has 0 spiro atoms. The molecular formula is C7H14NO2-. The average Bonchev–Trinajstić information content (AvgIpc) is 1.96. The lowest BCUT2D eigenvalue weighted by atomic mass is 9.93. The predicted octanol–water partition coefficient (Wildman–Crippen LogP) is -0.403. The average molecular weight is 144 g/mol. The lowest BCUT2D eigenvalue weighted by Gasteiger charge is -2.39. The summed E-state index contributed by atoms with van der Waals surface area (Å²) in [5.74, 6) is 0. The van der Waals surface area contributed by atoms with Crippen molar-refractivity contribution in [3.8, 4) is 0 Å². The summed E-state index contributed by atoms with van der Waals surface area (Å²) in [6, 6.07) is 0. The molecular weight excluding hydrogens is 130 g/mol. The molecule has 1 aliphatic rings.